The van der Waals surface area contributed by atoms with Gasteiger partial charge in [-0.25, -0.2) is 0 Å². The van der Waals surface area contributed by atoms with Gasteiger partial charge >= 0.3 is 0 Å². The Morgan fingerprint density at radius 2 is 1.96 bits per heavy atom. The topological polar surface area (TPSA) is 38.3 Å². The van der Waals surface area contributed by atoms with Gasteiger partial charge < -0.3 is 10.1 Å². The molecule has 148 valence electrons. The molecule has 2 aromatic carbocycles. The summed E-state index contributed by atoms with van der Waals surface area (Å²) in [5.41, 5.74) is 4.31. The van der Waals surface area contributed by atoms with Gasteiger partial charge in [-0.1, -0.05) is 49.4 Å². The first-order chi connectivity index (χ1) is 13.7. The van der Waals surface area contributed by atoms with Crippen LogP contribution < -0.4 is 10.1 Å². The number of rotatable bonds is 9. The lowest BCUT2D eigenvalue weighted by Gasteiger charge is -2.10. The molecule has 0 bridgehead atoms. The van der Waals surface area contributed by atoms with E-state index in [1.807, 2.05) is 6.92 Å². The van der Waals surface area contributed by atoms with Crippen molar-refractivity contribution < 1.29 is 9.53 Å². The van der Waals surface area contributed by atoms with E-state index in [-0.39, 0.29) is 5.91 Å². The minimum Gasteiger partial charge on any atom is -0.490 e. The number of amides is 1. The molecular weight excluding hydrogens is 346 g/mol. The maximum absolute atomic E-state index is 11.5. The summed E-state index contributed by atoms with van der Waals surface area (Å²) in [6.07, 6.45) is 7.82. The van der Waals surface area contributed by atoms with Gasteiger partial charge in [-0.05, 0) is 61.1 Å². The van der Waals surface area contributed by atoms with E-state index in [0.717, 1.165) is 31.6 Å². The number of carbonyl (C=O) groups is 1. The highest BCUT2D eigenvalue weighted by Crippen LogP contribution is 2.50. The molecule has 4 rings (SSSR count). The highest BCUT2D eigenvalue weighted by Gasteiger charge is 2.41. The van der Waals surface area contributed by atoms with Crippen LogP contribution in [0.25, 0.3) is 0 Å². The third-order valence-corrected chi connectivity index (χ3v) is 6.18. The summed E-state index contributed by atoms with van der Waals surface area (Å²) in [5, 5.41) is 3.05. The third-order valence-electron chi connectivity index (χ3n) is 6.18. The molecule has 2 aromatic rings. The molecule has 3 heteroatoms. The summed E-state index contributed by atoms with van der Waals surface area (Å²) >= 11 is 0. The van der Waals surface area contributed by atoms with E-state index >= 15 is 0 Å². The molecular formula is C25H31NO2. The first kappa shape index (κ1) is 19.0. The molecule has 1 heterocycles. The van der Waals surface area contributed by atoms with Crippen LogP contribution in [-0.2, 0) is 17.6 Å². The SMILES string of the molecule is CCC(=O)NCC1CC1c1cccc2c1CC(CCCCc1ccccc1)O2. The summed E-state index contributed by atoms with van der Waals surface area (Å²) in [6.45, 7) is 2.71. The van der Waals surface area contributed by atoms with Crippen molar-refractivity contribution in [2.24, 2.45) is 5.92 Å². The van der Waals surface area contributed by atoms with E-state index in [0.29, 0.717) is 24.4 Å². The Kier molecular flexibility index (Phi) is 5.99. The molecule has 0 radical (unpaired) electrons. The number of hydrogen-bond donors (Lipinski definition) is 1. The number of ether oxygens (including phenoxy) is 1. The van der Waals surface area contributed by atoms with Gasteiger partial charge in [0.15, 0.2) is 0 Å². The highest BCUT2D eigenvalue weighted by atomic mass is 16.5. The lowest BCUT2D eigenvalue weighted by atomic mass is 9.96. The Morgan fingerprint density at radius 1 is 1.11 bits per heavy atom. The number of benzene rings is 2. The van der Waals surface area contributed by atoms with Gasteiger partial charge in [0.1, 0.15) is 11.9 Å². The standard InChI is InChI=1S/C25H31NO2/c1-2-25(27)26-17-19-15-22(19)21-13-8-14-24-23(21)16-20(28-24)12-7-6-11-18-9-4-3-5-10-18/h3-5,8-10,13-14,19-20,22H,2,6-7,11-12,15-17H2,1H3,(H,26,27). The summed E-state index contributed by atoms with van der Waals surface area (Å²) in [4.78, 5) is 11.5. The van der Waals surface area contributed by atoms with Crippen molar-refractivity contribution in [2.45, 2.75) is 63.9 Å². The molecule has 1 fully saturated rings. The zero-order valence-corrected chi connectivity index (χ0v) is 16.8. The fourth-order valence-electron chi connectivity index (χ4n) is 4.44. The molecule has 0 spiro atoms. The van der Waals surface area contributed by atoms with Crippen LogP contribution in [0.5, 0.6) is 5.75 Å². The number of carbonyl (C=O) groups excluding carboxylic acids is 1. The van der Waals surface area contributed by atoms with Crippen LogP contribution >= 0.6 is 0 Å². The van der Waals surface area contributed by atoms with E-state index in [1.165, 1.54) is 36.0 Å². The van der Waals surface area contributed by atoms with Gasteiger partial charge in [-0.2, -0.15) is 0 Å². The molecule has 28 heavy (non-hydrogen) atoms. The summed E-state index contributed by atoms with van der Waals surface area (Å²) in [7, 11) is 0. The van der Waals surface area contributed by atoms with E-state index < -0.39 is 0 Å². The van der Waals surface area contributed by atoms with Crippen molar-refractivity contribution in [3.63, 3.8) is 0 Å². The van der Waals surface area contributed by atoms with Crippen LogP contribution in [0, 0.1) is 5.92 Å². The van der Waals surface area contributed by atoms with Crippen molar-refractivity contribution in [3.05, 3.63) is 65.2 Å². The number of unbranched alkanes of at least 4 members (excludes halogenated alkanes) is 1. The molecule has 3 nitrogen and oxygen atoms in total. The summed E-state index contributed by atoms with van der Waals surface area (Å²) < 4.78 is 6.26. The smallest absolute Gasteiger partial charge is 0.219 e. The predicted octanol–water partition coefficient (Wildman–Crippen LogP) is 5.03. The van der Waals surface area contributed by atoms with Crippen LogP contribution in [0.1, 0.15) is 61.6 Å². The fraction of sp³-hybridized carbons (Fsp3) is 0.480. The van der Waals surface area contributed by atoms with Gasteiger partial charge in [-0.3, -0.25) is 4.79 Å². The number of hydrogen-bond acceptors (Lipinski definition) is 2. The molecule has 1 N–H and O–H groups in total. The van der Waals surface area contributed by atoms with Crippen molar-refractivity contribution in [1.29, 1.82) is 0 Å². The first-order valence-corrected chi connectivity index (χ1v) is 10.8. The lowest BCUT2D eigenvalue weighted by Crippen LogP contribution is -2.24. The summed E-state index contributed by atoms with van der Waals surface area (Å²) in [5.74, 6) is 2.43. The Labute approximate surface area is 168 Å². The Hall–Kier alpha value is -2.29. The minimum absolute atomic E-state index is 0.155. The molecule has 1 amide bonds. The maximum Gasteiger partial charge on any atom is 0.219 e. The normalized spacial score (nSPS) is 22.4. The van der Waals surface area contributed by atoms with E-state index in [4.69, 9.17) is 4.74 Å². The number of nitrogens with one attached hydrogen (secondary N) is 1. The monoisotopic (exact) mass is 377 g/mol. The third kappa shape index (κ3) is 4.57. The highest BCUT2D eigenvalue weighted by molar-refractivity contribution is 5.75. The average molecular weight is 378 g/mol. The van der Waals surface area contributed by atoms with Crippen molar-refractivity contribution in [3.8, 4) is 5.75 Å². The van der Waals surface area contributed by atoms with E-state index in [9.17, 15) is 4.79 Å². The second-order valence-electron chi connectivity index (χ2n) is 8.26. The molecule has 3 unspecified atom stereocenters. The largest absolute Gasteiger partial charge is 0.490 e. The second-order valence-corrected chi connectivity index (χ2v) is 8.26. The molecule has 0 saturated heterocycles. The van der Waals surface area contributed by atoms with Gasteiger partial charge in [0.05, 0.1) is 0 Å². The first-order valence-electron chi connectivity index (χ1n) is 10.8. The van der Waals surface area contributed by atoms with Crippen molar-refractivity contribution in [2.75, 3.05) is 6.54 Å². The van der Waals surface area contributed by atoms with E-state index in [1.54, 1.807) is 0 Å². The molecule has 0 aromatic heterocycles. The minimum atomic E-state index is 0.155. The molecule has 3 atom stereocenters. The molecule has 1 aliphatic carbocycles. The van der Waals surface area contributed by atoms with Crippen LogP contribution in [0.3, 0.4) is 0 Å². The molecule has 1 saturated carbocycles. The van der Waals surface area contributed by atoms with Crippen LogP contribution in [0.15, 0.2) is 48.5 Å². The number of fused-ring (bicyclic) bond motifs is 1. The quantitative estimate of drug-likeness (QED) is 0.622. The molecule has 1 aliphatic heterocycles. The Morgan fingerprint density at radius 3 is 2.79 bits per heavy atom. The summed E-state index contributed by atoms with van der Waals surface area (Å²) in [6, 6.07) is 17.3. The van der Waals surface area contributed by atoms with Gasteiger partial charge in [0.25, 0.3) is 0 Å². The predicted molar refractivity (Wildman–Crippen MR) is 113 cm³/mol. The lowest BCUT2D eigenvalue weighted by molar-refractivity contribution is -0.120. The maximum atomic E-state index is 11.5. The van der Waals surface area contributed by atoms with Crippen molar-refractivity contribution >= 4 is 5.91 Å². The van der Waals surface area contributed by atoms with Crippen LogP contribution in [0.2, 0.25) is 0 Å². The van der Waals surface area contributed by atoms with Crippen molar-refractivity contribution in [1.82, 2.24) is 5.32 Å². The second kappa shape index (κ2) is 8.81. The van der Waals surface area contributed by atoms with Crippen LogP contribution in [-0.4, -0.2) is 18.6 Å². The zero-order chi connectivity index (χ0) is 19.3. The van der Waals surface area contributed by atoms with E-state index in [2.05, 4.69) is 53.8 Å². The Balaban J connectivity index is 1.26. The van der Waals surface area contributed by atoms with Gasteiger partial charge in [0.2, 0.25) is 5.91 Å². The van der Waals surface area contributed by atoms with Gasteiger partial charge in [-0.15, -0.1) is 0 Å². The zero-order valence-electron chi connectivity index (χ0n) is 16.8. The number of aryl methyl sites for hydroxylation is 1. The van der Waals surface area contributed by atoms with Gasteiger partial charge in [0, 0.05) is 24.9 Å². The average Bonchev–Trinajstić information content (AvgIpc) is 3.38. The van der Waals surface area contributed by atoms with Crippen LogP contribution in [0.4, 0.5) is 0 Å². The molecule has 2 aliphatic rings. The fourth-order valence-corrected chi connectivity index (χ4v) is 4.44. The Bertz CT molecular complexity index is 801.